The zero-order valence-electron chi connectivity index (χ0n) is 51.6. The lowest BCUT2D eigenvalue weighted by Crippen LogP contribution is -2.60. The number of rotatable bonds is 21. The number of ether oxygens (including phenoxy) is 1. The molecule has 4 aliphatic heterocycles. The number of nitrogens with zero attached hydrogens (tertiary/aromatic N) is 4. The van der Waals surface area contributed by atoms with Crippen molar-refractivity contribution in [3.8, 4) is 0 Å². The number of anilines is 4. The van der Waals surface area contributed by atoms with E-state index in [2.05, 4.69) is 26.0 Å². The van der Waals surface area contributed by atoms with Crippen LogP contribution in [-0.2, 0) is 73.8 Å². The quantitative estimate of drug-likeness (QED) is 0.0440. The van der Waals surface area contributed by atoms with Crippen molar-refractivity contribution < 1.29 is 47.9 Å². The number of hydrogen-bond acceptors (Lipinski definition) is 14. The summed E-state index contributed by atoms with van der Waals surface area (Å²) in [5, 5.41) is 19.4. The van der Waals surface area contributed by atoms with Gasteiger partial charge in [0.2, 0.25) is 47.3 Å². The van der Waals surface area contributed by atoms with Crippen LogP contribution in [0.25, 0.3) is 0 Å². The molecule has 0 bridgehead atoms. The summed E-state index contributed by atoms with van der Waals surface area (Å²) in [4.78, 5) is 123. The number of para-hydroxylation sites is 2. The minimum Gasteiger partial charge on any atom is -0.463 e. The number of thiophene rings is 2. The number of carbonyl (C=O) groups is 9. The number of hydrogen-bond donors (Lipinski definition) is 6. The summed E-state index contributed by atoms with van der Waals surface area (Å²) in [5.74, 6) is -1.96. The van der Waals surface area contributed by atoms with Gasteiger partial charge in [0.15, 0.2) is 0 Å². The number of benzene rings is 2. The van der Waals surface area contributed by atoms with Crippen LogP contribution in [-0.4, -0.2) is 108 Å². The molecule has 4 aromatic rings. The Labute approximate surface area is 520 Å². The Kier molecular flexibility index (Phi) is 25.5. The van der Waals surface area contributed by atoms with E-state index < -0.39 is 58.9 Å². The monoisotopic (exact) mass is 1240 g/mol. The summed E-state index contributed by atoms with van der Waals surface area (Å²) < 4.78 is 4.61. The Balaban J connectivity index is 0.000000279. The Morgan fingerprint density at radius 3 is 1.29 bits per heavy atom. The number of nitrogens with two attached hydrogens (primary N) is 2. The second-order valence-electron chi connectivity index (χ2n) is 24.0. The van der Waals surface area contributed by atoms with Crippen molar-refractivity contribution in [3.05, 3.63) is 92.3 Å². The van der Waals surface area contributed by atoms with Gasteiger partial charge in [-0.2, -0.15) is 22.7 Å². The Morgan fingerprint density at radius 1 is 0.628 bits per heavy atom. The molecule has 2 unspecified atom stereocenters. The van der Waals surface area contributed by atoms with E-state index in [0.717, 1.165) is 57.8 Å². The van der Waals surface area contributed by atoms with E-state index in [0.29, 0.717) is 77.5 Å². The molecule has 8 rings (SSSR count). The lowest BCUT2D eigenvalue weighted by Gasteiger charge is -2.38. The third-order valence-electron chi connectivity index (χ3n) is 15.5. The molecule has 2 aromatic carbocycles. The minimum atomic E-state index is -1.10. The molecule has 2 aromatic heterocycles. The van der Waals surface area contributed by atoms with Crippen LogP contribution in [0, 0.1) is 11.8 Å². The first kappa shape index (κ1) is 70.0. The molecule has 6 heterocycles. The lowest BCUT2D eigenvalue weighted by atomic mass is 9.94. The number of fused-ring (bicyclic) bond motifs is 2. The molecule has 0 spiro atoms. The van der Waals surface area contributed by atoms with Crippen LogP contribution in [0.2, 0.25) is 0 Å². The van der Waals surface area contributed by atoms with Crippen LogP contribution in [0.4, 0.5) is 22.7 Å². The number of amides is 8. The highest BCUT2D eigenvalue weighted by Gasteiger charge is 2.42. The predicted octanol–water partition coefficient (Wildman–Crippen LogP) is 7.59. The van der Waals surface area contributed by atoms with Crippen LogP contribution in [0.15, 0.2) is 70.1 Å². The van der Waals surface area contributed by atoms with Gasteiger partial charge in [-0.25, -0.2) is 0 Å². The van der Waals surface area contributed by atoms with Gasteiger partial charge < -0.3 is 57.1 Å². The first-order valence-corrected chi connectivity index (χ1v) is 31.5. The van der Waals surface area contributed by atoms with Crippen LogP contribution < -0.4 is 52.3 Å². The number of esters is 1. The molecule has 20 nitrogen and oxygen atoms in total. The molecule has 86 heavy (non-hydrogen) atoms. The third-order valence-corrected chi connectivity index (χ3v) is 16.9. The molecule has 4 aliphatic rings. The molecular formula is C63H89ClN10O10S2. The average Bonchev–Trinajstić information content (AvgIpc) is 2.93. The maximum atomic E-state index is 14.0. The topological polar surface area (TPSA) is 276 Å². The molecule has 470 valence electrons. The van der Waals surface area contributed by atoms with Crippen molar-refractivity contribution in [3.63, 3.8) is 0 Å². The van der Waals surface area contributed by atoms with Gasteiger partial charge in [0.1, 0.15) is 24.2 Å². The molecule has 6 atom stereocenters. The van der Waals surface area contributed by atoms with E-state index in [4.69, 9.17) is 11.5 Å². The number of nitrogens with one attached hydrogen (secondary N) is 4. The molecule has 0 saturated carbocycles. The highest BCUT2D eigenvalue weighted by atomic mass is 35.5. The van der Waals surface area contributed by atoms with Crippen molar-refractivity contribution >= 4 is 111 Å². The van der Waals surface area contributed by atoms with E-state index >= 15 is 0 Å². The Hall–Kier alpha value is -6.72. The fraction of sp³-hybridized carbons (Fsp3) is 0.540. The van der Waals surface area contributed by atoms with Gasteiger partial charge in [0.25, 0.3) is 0 Å². The minimum absolute atomic E-state index is 0. The molecule has 0 radical (unpaired) electrons. The smallest absolute Gasteiger partial charge is 0.302 e. The van der Waals surface area contributed by atoms with Crippen molar-refractivity contribution in [2.24, 2.45) is 23.3 Å². The summed E-state index contributed by atoms with van der Waals surface area (Å²) in [5.41, 5.74) is 16.7. The standard InChI is InChI=1S/2C29H39N5O4S.C5H10O2.ClH/c2*1-5-29(4,30)28(38)32-21(14-18(2)3)26(36)31-22-15-20-8-6-9-23(33-12-7-10-24(33)35)25(20)34(27(22)37)16-19-11-13-39-17-19;1-4(2)7-5(3)6;/h2*6,8-9,11,13,17-18,21-22H,5,7,10,12,14-16,30H2,1-4H3,(H,31,36)(H,32,38);4H,1-3H3;1H/t2*21-,22?,29-;;/m11../s1. The lowest BCUT2D eigenvalue weighted by molar-refractivity contribution is -0.144. The molecule has 2 fully saturated rings. The zero-order valence-corrected chi connectivity index (χ0v) is 54.1. The molecule has 8 N–H and O–H groups in total. The largest absolute Gasteiger partial charge is 0.463 e. The summed E-state index contributed by atoms with van der Waals surface area (Å²) >= 11 is 3.10. The second kappa shape index (κ2) is 31.3. The number of carbonyl (C=O) groups excluding carboxylic acids is 9. The highest BCUT2D eigenvalue weighted by Crippen LogP contribution is 2.42. The van der Waals surface area contributed by atoms with Crippen molar-refractivity contribution in [1.82, 2.24) is 21.3 Å². The molecular weight excluding hydrogens is 1160 g/mol. The molecule has 23 heteroatoms. The van der Waals surface area contributed by atoms with Crippen molar-refractivity contribution in [1.29, 1.82) is 0 Å². The zero-order chi connectivity index (χ0) is 62.5. The molecule has 8 amide bonds. The van der Waals surface area contributed by atoms with Gasteiger partial charge in [-0.15, -0.1) is 12.4 Å². The SMILES string of the molecule is CC(=O)OC(C)C.CC[C@@](C)(N)C(=O)N[C@H](CC(C)C)C(=O)NC1Cc2cccc(N3CCCC3=O)c2N(Cc2ccsc2)C1=O.CC[C@@](C)(N)C(=O)N[C@H](CC(C)C)C(=O)NC1Cc2cccc(N3CCCC3=O)c2N(Cc2ccsc2)C1=O.Cl. The summed E-state index contributed by atoms with van der Waals surface area (Å²) in [7, 11) is 0. The van der Waals surface area contributed by atoms with Gasteiger partial charge >= 0.3 is 5.97 Å². The maximum Gasteiger partial charge on any atom is 0.302 e. The number of halogens is 1. The van der Waals surface area contributed by atoms with Gasteiger partial charge in [-0.1, -0.05) is 65.8 Å². The first-order valence-electron chi connectivity index (χ1n) is 29.6. The maximum absolute atomic E-state index is 14.0. The van der Waals surface area contributed by atoms with Crippen molar-refractivity contribution in [2.45, 2.75) is 195 Å². The first-order chi connectivity index (χ1) is 40.2. The van der Waals surface area contributed by atoms with E-state index in [1.807, 2.05) is 125 Å². The van der Waals surface area contributed by atoms with E-state index in [1.54, 1.807) is 56.1 Å². The van der Waals surface area contributed by atoms with E-state index in [1.165, 1.54) is 6.92 Å². The van der Waals surface area contributed by atoms with Crippen LogP contribution in [0.1, 0.15) is 150 Å². The van der Waals surface area contributed by atoms with E-state index in [9.17, 15) is 43.2 Å². The predicted molar refractivity (Wildman–Crippen MR) is 341 cm³/mol. The Bertz CT molecular complexity index is 2830. The summed E-state index contributed by atoms with van der Waals surface area (Å²) in [6, 6.07) is 12.1. The highest BCUT2D eigenvalue weighted by molar-refractivity contribution is 7.08. The summed E-state index contributed by atoms with van der Waals surface area (Å²) in [6.07, 6.45) is 4.82. The van der Waals surface area contributed by atoms with Gasteiger partial charge in [-0.05, 0) is 146 Å². The Morgan fingerprint density at radius 2 is 1.01 bits per heavy atom. The fourth-order valence-corrected chi connectivity index (χ4v) is 11.8. The van der Waals surface area contributed by atoms with Crippen LogP contribution >= 0.6 is 35.1 Å². The van der Waals surface area contributed by atoms with Crippen LogP contribution in [0.5, 0.6) is 0 Å². The molecule has 2 saturated heterocycles. The van der Waals surface area contributed by atoms with Crippen molar-refractivity contribution in [2.75, 3.05) is 32.7 Å². The molecule has 0 aliphatic carbocycles. The fourth-order valence-electron chi connectivity index (χ4n) is 10.5. The van der Waals surface area contributed by atoms with Gasteiger partial charge in [0.05, 0.1) is 53.0 Å². The third kappa shape index (κ3) is 18.2. The second-order valence-corrected chi connectivity index (χ2v) is 25.6. The van der Waals surface area contributed by atoms with Gasteiger partial charge in [-0.3, -0.25) is 43.2 Å². The van der Waals surface area contributed by atoms with E-state index in [-0.39, 0.29) is 59.9 Å². The van der Waals surface area contributed by atoms with Crippen LogP contribution in [0.3, 0.4) is 0 Å². The van der Waals surface area contributed by atoms with Gasteiger partial charge in [0, 0.05) is 45.7 Å². The average molecular weight is 1250 g/mol. The summed E-state index contributed by atoms with van der Waals surface area (Å²) in [6.45, 7) is 21.7. The normalized spacial score (nSPS) is 18.5.